The highest BCUT2D eigenvalue weighted by Gasteiger charge is 2.29. The molecule has 0 saturated heterocycles. The van der Waals surface area contributed by atoms with Crippen LogP contribution in [0, 0.1) is 0 Å². The minimum Gasteiger partial charge on any atom is -0.481 e. The standard InChI is InChI=1S/C6H12O6.C3H4O4/c7-1-3(9)5(11)6(12)4(10)2-8;4-2(5)1-3(6)7/h1,3-6,8-12H,2H2;1H2,(H,4,5)(H,6,7)/t3-,4+,5+,6+;/m0./s1. The summed E-state index contributed by atoms with van der Waals surface area (Å²) >= 11 is 0. The molecule has 0 spiro atoms. The van der Waals surface area contributed by atoms with Gasteiger partial charge in [-0.2, -0.15) is 0 Å². The van der Waals surface area contributed by atoms with Crippen molar-refractivity contribution in [3.05, 3.63) is 0 Å². The van der Waals surface area contributed by atoms with Gasteiger partial charge in [0.2, 0.25) is 0 Å². The number of rotatable bonds is 7. The van der Waals surface area contributed by atoms with Gasteiger partial charge in [-0.3, -0.25) is 9.59 Å². The van der Waals surface area contributed by atoms with E-state index in [-0.39, 0.29) is 6.29 Å². The number of carboxylic acids is 2. The third-order valence-electron chi connectivity index (χ3n) is 1.72. The fourth-order valence-electron chi connectivity index (χ4n) is 0.747. The van der Waals surface area contributed by atoms with Crippen LogP contribution in [-0.2, 0) is 14.4 Å². The Morgan fingerprint density at radius 1 is 0.947 bits per heavy atom. The van der Waals surface area contributed by atoms with Crippen molar-refractivity contribution in [1.82, 2.24) is 0 Å². The Hall–Kier alpha value is -1.59. The second-order valence-corrected chi connectivity index (χ2v) is 3.32. The van der Waals surface area contributed by atoms with Gasteiger partial charge in [0.15, 0.2) is 6.29 Å². The zero-order chi connectivity index (χ0) is 15.6. The molecule has 0 bridgehead atoms. The number of aliphatic hydroxyl groups excluding tert-OH is 5. The van der Waals surface area contributed by atoms with Gasteiger partial charge in [-0.15, -0.1) is 0 Å². The van der Waals surface area contributed by atoms with E-state index in [0.29, 0.717) is 0 Å². The highest BCUT2D eigenvalue weighted by Crippen LogP contribution is 2.02. The van der Waals surface area contributed by atoms with Crippen LogP contribution in [0.1, 0.15) is 6.42 Å². The van der Waals surface area contributed by atoms with Crippen LogP contribution in [0.2, 0.25) is 0 Å². The minimum atomic E-state index is -1.79. The Labute approximate surface area is 107 Å². The lowest BCUT2D eigenvalue weighted by atomic mass is 10.0. The fraction of sp³-hybridized carbons (Fsp3) is 0.667. The zero-order valence-corrected chi connectivity index (χ0v) is 9.66. The Morgan fingerprint density at radius 3 is 1.58 bits per heavy atom. The van der Waals surface area contributed by atoms with Crippen molar-refractivity contribution < 1.29 is 50.1 Å². The minimum absolute atomic E-state index is 0.0258. The smallest absolute Gasteiger partial charge is 0.314 e. The third kappa shape index (κ3) is 10.1. The molecule has 0 heterocycles. The molecule has 0 aromatic rings. The summed E-state index contributed by atoms with van der Waals surface area (Å²) in [5.41, 5.74) is 0. The van der Waals surface area contributed by atoms with Crippen molar-refractivity contribution in [3.63, 3.8) is 0 Å². The van der Waals surface area contributed by atoms with Crippen LogP contribution in [0.5, 0.6) is 0 Å². The molecule has 112 valence electrons. The molecule has 0 fully saturated rings. The summed E-state index contributed by atoms with van der Waals surface area (Å²) in [5.74, 6) is -2.62. The van der Waals surface area contributed by atoms with E-state index >= 15 is 0 Å². The van der Waals surface area contributed by atoms with Crippen molar-refractivity contribution in [2.24, 2.45) is 0 Å². The second kappa shape index (κ2) is 10.3. The zero-order valence-electron chi connectivity index (χ0n) is 9.66. The van der Waals surface area contributed by atoms with E-state index in [2.05, 4.69) is 0 Å². The molecule has 0 aromatic heterocycles. The molecule has 0 aliphatic heterocycles. The van der Waals surface area contributed by atoms with Gasteiger partial charge < -0.3 is 40.5 Å². The summed E-state index contributed by atoms with van der Waals surface area (Å²) in [4.78, 5) is 28.8. The molecule has 7 N–H and O–H groups in total. The molecule has 0 radical (unpaired) electrons. The number of aliphatic carboxylic acids is 2. The monoisotopic (exact) mass is 284 g/mol. The van der Waals surface area contributed by atoms with E-state index in [1.807, 2.05) is 0 Å². The van der Waals surface area contributed by atoms with Crippen molar-refractivity contribution in [2.45, 2.75) is 30.8 Å². The SMILES string of the molecule is O=C(O)CC(=O)O.O=C[C@H](O)[C@@H](O)[C@H](O)[C@H](O)CO. The van der Waals surface area contributed by atoms with E-state index in [4.69, 9.17) is 35.7 Å². The van der Waals surface area contributed by atoms with Crippen molar-refractivity contribution in [3.8, 4) is 0 Å². The van der Waals surface area contributed by atoms with Gasteiger partial charge in [0.25, 0.3) is 0 Å². The maximum absolute atomic E-state index is 9.90. The van der Waals surface area contributed by atoms with Gasteiger partial charge >= 0.3 is 11.9 Å². The van der Waals surface area contributed by atoms with Crippen LogP contribution in [0.4, 0.5) is 0 Å². The van der Waals surface area contributed by atoms with Crippen LogP contribution in [-0.4, -0.2) is 85.0 Å². The number of aldehydes is 1. The maximum atomic E-state index is 9.90. The normalized spacial score (nSPS) is 16.3. The van der Waals surface area contributed by atoms with Crippen molar-refractivity contribution in [2.75, 3.05) is 6.61 Å². The molecular formula is C9H16O10. The Bertz CT molecular complexity index is 279. The summed E-state index contributed by atoms with van der Waals surface area (Å²) in [6, 6.07) is 0. The molecule has 0 rings (SSSR count). The molecule has 0 amide bonds. The van der Waals surface area contributed by atoms with E-state index in [9.17, 15) is 14.4 Å². The third-order valence-corrected chi connectivity index (χ3v) is 1.72. The first-order valence-electron chi connectivity index (χ1n) is 4.89. The van der Waals surface area contributed by atoms with Gasteiger partial charge in [-0.05, 0) is 0 Å². The molecule has 19 heavy (non-hydrogen) atoms. The quantitative estimate of drug-likeness (QED) is 0.180. The van der Waals surface area contributed by atoms with Gasteiger partial charge in [0.05, 0.1) is 6.61 Å². The molecular weight excluding hydrogens is 268 g/mol. The first kappa shape index (κ1) is 19.7. The fourth-order valence-corrected chi connectivity index (χ4v) is 0.747. The Morgan fingerprint density at radius 2 is 1.37 bits per heavy atom. The summed E-state index contributed by atoms with van der Waals surface area (Å²) < 4.78 is 0. The topological polar surface area (TPSA) is 193 Å². The molecule has 4 atom stereocenters. The van der Waals surface area contributed by atoms with Gasteiger partial charge in [-0.1, -0.05) is 0 Å². The first-order valence-corrected chi connectivity index (χ1v) is 4.89. The summed E-state index contributed by atoms with van der Waals surface area (Å²) in [7, 11) is 0. The lowest BCUT2D eigenvalue weighted by Crippen LogP contribution is -2.46. The van der Waals surface area contributed by atoms with Crippen LogP contribution in [0.25, 0.3) is 0 Å². The molecule has 0 aromatic carbocycles. The highest BCUT2D eigenvalue weighted by atomic mass is 16.4. The maximum Gasteiger partial charge on any atom is 0.314 e. The first-order chi connectivity index (χ1) is 8.67. The molecule has 0 unspecified atom stereocenters. The highest BCUT2D eigenvalue weighted by molar-refractivity contribution is 5.88. The van der Waals surface area contributed by atoms with E-state index in [1.54, 1.807) is 0 Å². The number of hydrogen-bond acceptors (Lipinski definition) is 8. The van der Waals surface area contributed by atoms with Gasteiger partial charge in [0.1, 0.15) is 30.8 Å². The summed E-state index contributed by atoms with van der Waals surface area (Å²) in [6.07, 6.45) is -7.64. The van der Waals surface area contributed by atoms with Crippen LogP contribution in [0.15, 0.2) is 0 Å². The lowest BCUT2D eigenvalue weighted by molar-refractivity contribution is -0.147. The molecule has 0 aliphatic rings. The number of carboxylic acid groups (broad SMARTS) is 2. The van der Waals surface area contributed by atoms with E-state index in [1.165, 1.54) is 0 Å². The lowest BCUT2D eigenvalue weighted by Gasteiger charge is -2.22. The number of aliphatic hydroxyl groups is 5. The molecule has 0 saturated carbocycles. The van der Waals surface area contributed by atoms with E-state index < -0.39 is 49.4 Å². The molecule has 10 heteroatoms. The number of carbonyl (C=O) groups is 3. The summed E-state index contributed by atoms with van der Waals surface area (Å²) in [6.45, 7) is -0.760. The number of hydrogen-bond donors (Lipinski definition) is 7. The van der Waals surface area contributed by atoms with E-state index in [0.717, 1.165) is 0 Å². The second-order valence-electron chi connectivity index (χ2n) is 3.32. The van der Waals surface area contributed by atoms with Gasteiger partial charge in [-0.25, -0.2) is 0 Å². The predicted molar refractivity (Wildman–Crippen MR) is 57.1 cm³/mol. The average Bonchev–Trinajstić information content (AvgIpc) is 2.34. The average molecular weight is 284 g/mol. The molecule has 10 nitrogen and oxygen atoms in total. The van der Waals surface area contributed by atoms with Crippen molar-refractivity contribution >= 4 is 18.2 Å². The van der Waals surface area contributed by atoms with Crippen molar-refractivity contribution in [1.29, 1.82) is 0 Å². The Kier molecular flexibility index (Phi) is 10.7. The van der Waals surface area contributed by atoms with Crippen LogP contribution < -0.4 is 0 Å². The van der Waals surface area contributed by atoms with Crippen LogP contribution >= 0.6 is 0 Å². The Balaban J connectivity index is 0. The molecule has 0 aliphatic carbocycles. The predicted octanol–water partition coefficient (Wildman–Crippen LogP) is -3.83. The van der Waals surface area contributed by atoms with Gasteiger partial charge in [0, 0.05) is 0 Å². The van der Waals surface area contributed by atoms with Crippen LogP contribution in [0.3, 0.4) is 0 Å². The summed E-state index contributed by atoms with van der Waals surface area (Å²) in [5, 5.41) is 58.9. The largest absolute Gasteiger partial charge is 0.481 e. The number of carbonyl (C=O) groups excluding carboxylic acids is 1.